The lowest BCUT2D eigenvalue weighted by atomic mass is 9.77. The smallest absolute Gasteiger partial charge is 0.00500 e. The van der Waals surface area contributed by atoms with Crippen LogP contribution in [-0.2, 0) is 0 Å². The van der Waals surface area contributed by atoms with Gasteiger partial charge in [-0.25, -0.2) is 0 Å². The van der Waals surface area contributed by atoms with E-state index in [0.29, 0.717) is 5.25 Å². The standard InChI is InChI=1S/C10H20S/c1-7(2)9-5-4-8(3)6-10(9)11/h7-11H,4-6H2,1-3H3/t8-,9-,10+/m0/s1. The Bertz CT molecular complexity index is 120. The summed E-state index contributed by atoms with van der Waals surface area (Å²) in [6.07, 6.45) is 4.14. The van der Waals surface area contributed by atoms with Gasteiger partial charge in [0.2, 0.25) is 0 Å². The van der Waals surface area contributed by atoms with Crippen LogP contribution in [0.2, 0.25) is 0 Å². The molecule has 1 aliphatic carbocycles. The van der Waals surface area contributed by atoms with E-state index in [-0.39, 0.29) is 0 Å². The molecule has 0 aromatic carbocycles. The summed E-state index contributed by atoms with van der Waals surface area (Å²) in [7, 11) is 0. The first-order valence-electron chi connectivity index (χ1n) is 4.79. The average Bonchev–Trinajstić information content (AvgIpc) is 1.85. The summed E-state index contributed by atoms with van der Waals surface area (Å²) in [6, 6.07) is 0. The van der Waals surface area contributed by atoms with Gasteiger partial charge in [0, 0.05) is 5.25 Å². The molecule has 0 N–H and O–H groups in total. The summed E-state index contributed by atoms with van der Waals surface area (Å²) in [6.45, 7) is 6.99. The summed E-state index contributed by atoms with van der Waals surface area (Å²) in [5, 5.41) is 0.666. The summed E-state index contributed by atoms with van der Waals surface area (Å²) in [5.74, 6) is 2.60. The van der Waals surface area contributed by atoms with Crippen molar-refractivity contribution in [2.24, 2.45) is 17.8 Å². The van der Waals surface area contributed by atoms with Crippen LogP contribution in [0.15, 0.2) is 0 Å². The maximum Gasteiger partial charge on any atom is 0.00500 e. The van der Waals surface area contributed by atoms with Crippen LogP contribution in [0.25, 0.3) is 0 Å². The van der Waals surface area contributed by atoms with Crippen molar-refractivity contribution in [2.75, 3.05) is 0 Å². The number of rotatable bonds is 1. The fourth-order valence-electron chi connectivity index (χ4n) is 2.15. The van der Waals surface area contributed by atoms with Gasteiger partial charge in [0.15, 0.2) is 0 Å². The second-order valence-electron chi connectivity index (χ2n) is 4.39. The molecule has 0 bridgehead atoms. The molecule has 0 aromatic heterocycles. The number of hydrogen-bond donors (Lipinski definition) is 1. The Kier molecular flexibility index (Phi) is 3.29. The summed E-state index contributed by atoms with van der Waals surface area (Å²) in [4.78, 5) is 0. The van der Waals surface area contributed by atoms with Crippen molar-refractivity contribution in [3.63, 3.8) is 0 Å². The average molecular weight is 172 g/mol. The lowest BCUT2D eigenvalue weighted by Gasteiger charge is -2.34. The molecule has 3 atom stereocenters. The summed E-state index contributed by atoms with van der Waals surface area (Å²) < 4.78 is 0. The topological polar surface area (TPSA) is 0 Å². The first kappa shape index (κ1) is 9.44. The Balaban J connectivity index is 2.44. The van der Waals surface area contributed by atoms with Crippen LogP contribution in [0.5, 0.6) is 0 Å². The highest BCUT2D eigenvalue weighted by atomic mass is 32.1. The molecule has 1 rings (SSSR count). The Morgan fingerprint density at radius 2 is 1.91 bits per heavy atom. The zero-order chi connectivity index (χ0) is 8.43. The predicted octanol–water partition coefficient (Wildman–Crippen LogP) is 3.38. The SMILES string of the molecule is CC(C)[C@@H]1CC[C@H](C)C[C@H]1S. The normalized spacial score (nSPS) is 39.5. The van der Waals surface area contributed by atoms with Crippen LogP contribution < -0.4 is 0 Å². The molecule has 0 saturated heterocycles. The minimum Gasteiger partial charge on any atom is -0.176 e. The minimum absolute atomic E-state index is 0.666. The van der Waals surface area contributed by atoms with E-state index in [1.54, 1.807) is 0 Å². The first-order valence-corrected chi connectivity index (χ1v) is 5.31. The first-order chi connectivity index (χ1) is 5.11. The molecule has 0 aromatic rings. The Hall–Kier alpha value is 0.350. The van der Waals surface area contributed by atoms with Gasteiger partial charge in [-0.3, -0.25) is 0 Å². The highest BCUT2D eigenvalue weighted by molar-refractivity contribution is 7.81. The second kappa shape index (κ2) is 3.84. The Morgan fingerprint density at radius 3 is 2.36 bits per heavy atom. The van der Waals surface area contributed by atoms with Crippen molar-refractivity contribution in [3.8, 4) is 0 Å². The van der Waals surface area contributed by atoms with Crippen molar-refractivity contribution in [3.05, 3.63) is 0 Å². The van der Waals surface area contributed by atoms with Gasteiger partial charge in [0.05, 0.1) is 0 Å². The molecule has 0 radical (unpaired) electrons. The van der Waals surface area contributed by atoms with Crippen LogP contribution in [0.3, 0.4) is 0 Å². The lowest BCUT2D eigenvalue weighted by molar-refractivity contribution is 0.245. The van der Waals surface area contributed by atoms with E-state index in [1.807, 2.05) is 0 Å². The molecule has 0 spiro atoms. The molecule has 0 aliphatic heterocycles. The Labute approximate surface area is 76.2 Å². The molecule has 1 saturated carbocycles. The van der Waals surface area contributed by atoms with Gasteiger partial charge in [-0.2, -0.15) is 12.6 Å². The van der Waals surface area contributed by atoms with E-state index in [0.717, 1.165) is 17.8 Å². The van der Waals surface area contributed by atoms with Gasteiger partial charge in [-0.1, -0.05) is 27.2 Å². The van der Waals surface area contributed by atoms with Crippen LogP contribution in [0.1, 0.15) is 40.0 Å². The van der Waals surface area contributed by atoms with Crippen molar-refractivity contribution in [2.45, 2.75) is 45.3 Å². The largest absolute Gasteiger partial charge is 0.176 e. The number of thiol groups is 1. The molecule has 1 fully saturated rings. The fraction of sp³-hybridized carbons (Fsp3) is 1.00. The van der Waals surface area contributed by atoms with Crippen molar-refractivity contribution in [1.29, 1.82) is 0 Å². The third-order valence-corrected chi connectivity index (χ3v) is 3.58. The fourth-order valence-corrected chi connectivity index (χ4v) is 3.01. The highest BCUT2D eigenvalue weighted by Gasteiger charge is 2.27. The third-order valence-electron chi connectivity index (χ3n) is 2.99. The highest BCUT2D eigenvalue weighted by Crippen LogP contribution is 2.36. The molecule has 0 unspecified atom stereocenters. The van der Waals surface area contributed by atoms with E-state index in [4.69, 9.17) is 0 Å². The molecule has 66 valence electrons. The maximum absolute atomic E-state index is 4.65. The lowest BCUT2D eigenvalue weighted by Crippen LogP contribution is -2.27. The molecule has 11 heavy (non-hydrogen) atoms. The molecular formula is C10H20S. The zero-order valence-corrected chi connectivity index (χ0v) is 8.77. The van der Waals surface area contributed by atoms with E-state index < -0.39 is 0 Å². The van der Waals surface area contributed by atoms with E-state index in [9.17, 15) is 0 Å². The third kappa shape index (κ3) is 2.40. The Morgan fingerprint density at radius 1 is 1.27 bits per heavy atom. The molecule has 0 heterocycles. The van der Waals surface area contributed by atoms with Crippen LogP contribution >= 0.6 is 12.6 Å². The van der Waals surface area contributed by atoms with Crippen LogP contribution in [-0.4, -0.2) is 5.25 Å². The van der Waals surface area contributed by atoms with Gasteiger partial charge in [-0.15, -0.1) is 0 Å². The monoisotopic (exact) mass is 172 g/mol. The minimum atomic E-state index is 0.666. The molecule has 0 nitrogen and oxygen atoms in total. The molecule has 0 amide bonds. The summed E-state index contributed by atoms with van der Waals surface area (Å²) >= 11 is 4.65. The van der Waals surface area contributed by atoms with Crippen molar-refractivity contribution < 1.29 is 0 Å². The zero-order valence-electron chi connectivity index (χ0n) is 7.88. The second-order valence-corrected chi connectivity index (χ2v) is 5.06. The molecular weight excluding hydrogens is 152 g/mol. The molecule has 1 aliphatic rings. The predicted molar refractivity (Wildman–Crippen MR) is 54.1 cm³/mol. The summed E-state index contributed by atoms with van der Waals surface area (Å²) in [5.41, 5.74) is 0. The van der Waals surface area contributed by atoms with Crippen LogP contribution in [0, 0.1) is 17.8 Å². The van der Waals surface area contributed by atoms with Crippen molar-refractivity contribution >= 4 is 12.6 Å². The maximum atomic E-state index is 4.65. The van der Waals surface area contributed by atoms with Gasteiger partial charge in [-0.05, 0) is 30.6 Å². The van der Waals surface area contributed by atoms with Crippen molar-refractivity contribution in [1.82, 2.24) is 0 Å². The quantitative estimate of drug-likeness (QED) is 0.576. The van der Waals surface area contributed by atoms with Gasteiger partial charge < -0.3 is 0 Å². The van der Waals surface area contributed by atoms with E-state index in [1.165, 1.54) is 19.3 Å². The van der Waals surface area contributed by atoms with Gasteiger partial charge in [0.25, 0.3) is 0 Å². The van der Waals surface area contributed by atoms with E-state index >= 15 is 0 Å². The van der Waals surface area contributed by atoms with Gasteiger partial charge >= 0.3 is 0 Å². The van der Waals surface area contributed by atoms with Crippen LogP contribution in [0.4, 0.5) is 0 Å². The number of hydrogen-bond acceptors (Lipinski definition) is 1. The van der Waals surface area contributed by atoms with Gasteiger partial charge in [0.1, 0.15) is 0 Å². The molecule has 1 heteroatoms. The van der Waals surface area contributed by atoms with E-state index in [2.05, 4.69) is 33.4 Å².